The molecule has 4 rings (SSSR count). The van der Waals surface area contributed by atoms with Crippen LogP contribution in [0.25, 0.3) is 0 Å². The van der Waals surface area contributed by atoms with E-state index in [1.54, 1.807) is 4.90 Å². The van der Waals surface area contributed by atoms with Gasteiger partial charge in [-0.15, -0.1) is 10.2 Å². The van der Waals surface area contributed by atoms with Crippen LogP contribution in [-0.2, 0) is 11.3 Å². The van der Waals surface area contributed by atoms with E-state index in [-0.39, 0.29) is 5.91 Å². The number of hydrogen-bond acceptors (Lipinski definition) is 4. The van der Waals surface area contributed by atoms with Gasteiger partial charge in [-0.25, -0.2) is 0 Å². The van der Waals surface area contributed by atoms with Crippen molar-refractivity contribution in [2.45, 2.75) is 56.3 Å². The molecule has 1 amide bonds. The fraction of sp³-hybridized carbons (Fsp3) is 0.526. The van der Waals surface area contributed by atoms with Crippen molar-refractivity contribution in [3.8, 4) is 0 Å². The van der Waals surface area contributed by atoms with Crippen LogP contribution in [-0.4, -0.2) is 38.4 Å². The van der Waals surface area contributed by atoms with E-state index in [1.807, 2.05) is 7.05 Å². The molecule has 25 heavy (non-hydrogen) atoms. The standard InChI is InChI=1S/C19H24N4OS/c1-13-3-5-14(6-4-13)11-22(2)17(24)12-25-19-21-20-18(15-7-8-15)23(19)16-9-10-16/h3-6,15-16H,7-12H2,1-2H3. The van der Waals surface area contributed by atoms with Crippen molar-refractivity contribution >= 4 is 17.7 Å². The van der Waals surface area contributed by atoms with E-state index in [0.717, 1.165) is 16.5 Å². The molecule has 5 nitrogen and oxygen atoms in total. The number of carbonyl (C=O) groups is 1. The number of benzene rings is 1. The van der Waals surface area contributed by atoms with Crippen LogP contribution in [0.5, 0.6) is 0 Å². The lowest BCUT2D eigenvalue weighted by molar-refractivity contribution is -0.127. The second kappa shape index (κ2) is 6.83. The zero-order chi connectivity index (χ0) is 17.4. The number of hydrogen-bond donors (Lipinski definition) is 0. The van der Waals surface area contributed by atoms with Crippen molar-refractivity contribution in [2.75, 3.05) is 12.8 Å². The van der Waals surface area contributed by atoms with E-state index in [2.05, 4.69) is 46.0 Å². The van der Waals surface area contributed by atoms with Crippen molar-refractivity contribution < 1.29 is 4.79 Å². The predicted molar refractivity (Wildman–Crippen MR) is 98.6 cm³/mol. The van der Waals surface area contributed by atoms with Crippen molar-refractivity contribution in [2.24, 2.45) is 0 Å². The summed E-state index contributed by atoms with van der Waals surface area (Å²) in [4.78, 5) is 14.3. The molecule has 0 spiro atoms. The van der Waals surface area contributed by atoms with Gasteiger partial charge in [-0.1, -0.05) is 41.6 Å². The minimum Gasteiger partial charge on any atom is -0.341 e. The van der Waals surface area contributed by atoms with Crippen LogP contribution in [0.15, 0.2) is 29.4 Å². The Bertz CT molecular complexity index is 762. The first-order valence-electron chi connectivity index (χ1n) is 8.99. The minimum atomic E-state index is 0.129. The number of amides is 1. The zero-order valence-corrected chi connectivity index (χ0v) is 15.6. The quantitative estimate of drug-likeness (QED) is 0.712. The first-order valence-corrected chi connectivity index (χ1v) is 9.97. The summed E-state index contributed by atoms with van der Waals surface area (Å²) >= 11 is 1.53. The normalized spacial score (nSPS) is 16.9. The Balaban J connectivity index is 1.36. The fourth-order valence-corrected chi connectivity index (χ4v) is 3.93. The molecule has 0 unspecified atom stereocenters. The number of aryl methyl sites for hydroxylation is 1. The molecule has 132 valence electrons. The average Bonchev–Trinajstić information content (AvgIpc) is 3.53. The Labute approximate surface area is 152 Å². The maximum Gasteiger partial charge on any atom is 0.233 e. The molecule has 1 heterocycles. The third kappa shape index (κ3) is 3.89. The molecule has 2 aromatic rings. The number of carbonyl (C=O) groups excluding carboxylic acids is 1. The second-order valence-corrected chi connectivity index (χ2v) is 8.18. The Kier molecular flexibility index (Phi) is 4.54. The first kappa shape index (κ1) is 16.6. The lowest BCUT2D eigenvalue weighted by Crippen LogP contribution is -2.27. The summed E-state index contributed by atoms with van der Waals surface area (Å²) in [5.74, 6) is 2.29. The van der Waals surface area contributed by atoms with Gasteiger partial charge in [0.1, 0.15) is 5.82 Å². The van der Waals surface area contributed by atoms with Gasteiger partial charge in [0.2, 0.25) is 5.91 Å². The van der Waals surface area contributed by atoms with Crippen LogP contribution in [0.2, 0.25) is 0 Å². The summed E-state index contributed by atoms with van der Waals surface area (Å²) in [5.41, 5.74) is 2.39. The van der Waals surface area contributed by atoms with Gasteiger partial charge in [-0.2, -0.15) is 0 Å². The smallest absolute Gasteiger partial charge is 0.233 e. The Morgan fingerprint density at radius 2 is 1.92 bits per heavy atom. The lowest BCUT2D eigenvalue weighted by atomic mass is 10.1. The van der Waals surface area contributed by atoms with Crippen LogP contribution < -0.4 is 0 Å². The molecule has 6 heteroatoms. The summed E-state index contributed by atoms with van der Waals surface area (Å²) in [6.07, 6.45) is 4.89. The second-order valence-electron chi connectivity index (χ2n) is 7.24. The molecule has 0 radical (unpaired) electrons. The van der Waals surface area contributed by atoms with Crippen molar-refractivity contribution in [3.63, 3.8) is 0 Å². The third-order valence-corrected chi connectivity index (χ3v) is 5.76. The van der Waals surface area contributed by atoms with Crippen molar-refractivity contribution in [1.82, 2.24) is 19.7 Å². The molecular weight excluding hydrogens is 332 g/mol. The molecular formula is C19H24N4OS. The highest BCUT2D eigenvalue weighted by Crippen LogP contribution is 2.45. The van der Waals surface area contributed by atoms with Gasteiger partial charge >= 0.3 is 0 Å². The molecule has 2 aliphatic carbocycles. The first-order chi connectivity index (χ1) is 12.1. The highest BCUT2D eigenvalue weighted by atomic mass is 32.2. The van der Waals surface area contributed by atoms with Gasteiger partial charge in [-0.3, -0.25) is 4.79 Å². The van der Waals surface area contributed by atoms with Gasteiger partial charge < -0.3 is 9.47 Å². The molecule has 2 saturated carbocycles. The topological polar surface area (TPSA) is 51.0 Å². The summed E-state index contributed by atoms with van der Waals surface area (Å²) in [7, 11) is 1.87. The molecule has 1 aromatic heterocycles. The van der Waals surface area contributed by atoms with E-state index in [4.69, 9.17) is 0 Å². The van der Waals surface area contributed by atoms with E-state index < -0.39 is 0 Å². The molecule has 2 fully saturated rings. The number of thioether (sulfide) groups is 1. The molecule has 1 aromatic carbocycles. The molecule has 2 aliphatic rings. The van der Waals surface area contributed by atoms with E-state index in [1.165, 1.54) is 43.0 Å². The molecule has 0 saturated heterocycles. The van der Waals surface area contributed by atoms with Crippen LogP contribution in [0, 0.1) is 6.92 Å². The molecule has 0 bridgehead atoms. The SMILES string of the molecule is Cc1ccc(CN(C)C(=O)CSc2nnc(C3CC3)n2C2CC2)cc1. The maximum atomic E-state index is 12.5. The van der Waals surface area contributed by atoms with Crippen LogP contribution in [0.4, 0.5) is 0 Å². The maximum absolute atomic E-state index is 12.5. The van der Waals surface area contributed by atoms with Gasteiger partial charge in [-0.05, 0) is 38.2 Å². The summed E-state index contributed by atoms with van der Waals surface area (Å²) in [6.45, 7) is 2.71. The number of aromatic nitrogens is 3. The van der Waals surface area contributed by atoms with Crippen LogP contribution in [0.1, 0.15) is 54.6 Å². The molecule has 0 N–H and O–H groups in total. The summed E-state index contributed by atoms with van der Waals surface area (Å²) < 4.78 is 2.30. The van der Waals surface area contributed by atoms with Crippen LogP contribution in [0.3, 0.4) is 0 Å². The number of nitrogens with zero attached hydrogens (tertiary/aromatic N) is 4. The van der Waals surface area contributed by atoms with Crippen LogP contribution >= 0.6 is 11.8 Å². The highest BCUT2D eigenvalue weighted by Gasteiger charge is 2.36. The Morgan fingerprint density at radius 3 is 2.56 bits per heavy atom. The lowest BCUT2D eigenvalue weighted by Gasteiger charge is -2.17. The number of rotatable bonds is 7. The van der Waals surface area contributed by atoms with E-state index >= 15 is 0 Å². The van der Waals surface area contributed by atoms with E-state index in [0.29, 0.717) is 24.3 Å². The third-order valence-electron chi connectivity index (χ3n) is 4.84. The highest BCUT2D eigenvalue weighted by molar-refractivity contribution is 7.99. The van der Waals surface area contributed by atoms with Crippen molar-refractivity contribution in [1.29, 1.82) is 0 Å². The monoisotopic (exact) mass is 356 g/mol. The Hall–Kier alpha value is -1.82. The van der Waals surface area contributed by atoms with Gasteiger partial charge in [0, 0.05) is 25.6 Å². The average molecular weight is 356 g/mol. The Morgan fingerprint density at radius 1 is 1.20 bits per heavy atom. The predicted octanol–water partition coefficient (Wildman–Crippen LogP) is 3.55. The summed E-state index contributed by atoms with van der Waals surface area (Å²) in [5, 5.41) is 9.69. The molecule has 0 aliphatic heterocycles. The van der Waals surface area contributed by atoms with Gasteiger partial charge in [0.05, 0.1) is 5.75 Å². The summed E-state index contributed by atoms with van der Waals surface area (Å²) in [6, 6.07) is 8.89. The zero-order valence-electron chi connectivity index (χ0n) is 14.8. The van der Waals surface area contributed by atoms with Gasteiger partial charge in [0.15, 0.2) is 5.16 Å². The largest absolute Gasteiger partial charge is 0.341 e. The van der Waals surface area contributed by atoms with E-state index in [9.17, 15) is 4.79 Å². The molecule has 0 atom stereocenters. The van der Waals surface area contributed by atoms with Crippen molar-refractivity contribution in [3.05, 3.63) is 41.2 Å². The minimum absolute atomic E-state index is 0.129. The fourth-order valence-electron chi connectivity index (χ4n) is 2.97. The van der Waals surface area contributed by atoms with Gasteiger partial charge in [0.25, 0.3) is 0 Å².